The maximum absolute atomic E-state index is 12.4. The SMILES string of the molecule is O=C(Nc1ccc(OC(F)F)c(Cl)c1)N1CCN(c2cnccn2)CC1. The van der Waals surface area contributed by atoms with Crippen molar-refractivity contribution < 1.29 is 18.3 Å². The van der Waals surface area contributed by atoms with E-state index in [4.69, 9.17) is 11.6 Å². The monoisotopic (exact) mass is 383 g/mol. The Balaban J connectivity index is 1.55. The number of alkyl halides is 2. The predicted molar refractivity (Wildman–Crippen MR) is 92.9 cm³/mol. The number of carbonyl (C=O) groups excluding carboxylic acids is 1. The highest BCUT2D eigenvalue weighted by atomic mass is 35.5. The van der Waals surface area contributed by atoms with Crippen molar-refractivity contribution in [1.29, 1.82) is 0 Å². The van der Waals surface area contributed by atoms with Crippen LogP contribution in [0.5, 0.6) is 5.75 Å². The van der Waals surface area contributed by atoms with Gasteiger partial charge in [0.05, 0.1) is 11.2 Å². The van der Waals surface area contributed by atoms with Gasteiger partial charge in [0.15, 0.2) is 0 Å². The number of piperazine rings is 1. The Hall–Kier alpha value is -2.68. The number of nitrogens with one attached hydrogen (secondary N) is 1. The minimum Gasteiger partial charge on any atom is -0.433 e. The van der Waals surface area contributed by atoms with Crippen LogP contribution in [0.25, 0.3) is 0 Å². The fraction of sp³-hybridized carbons (Fsp3) is 0.312. The fourth-order valence-electron chi connectivity index (χ4n) is 2.57. The lowest BCUT2D eigenvalue weighted by molar-refractivity contribution is -0.0497. The molecule has 1 saturated heterocycles. The predicted octanol–water partition coefficient (Wildman–Crippen LogP) is 3.09. The van der Waals surface area contributed by atoms with Gasteiger partial charge in [0.2, 0.25) is 0 Å². The van der Waals surface area contributed by atoms with Crippen LogP contribution in [-0.2, 0) is 0 Å². The quantitative estimate of drug-likeness (QED) is 0.878. The molecule has 0 radical (unpaired) electrons. The summed E-state index contributed by atoms with van der Waals surface area (Å²) in [7, 11) is 0. The average molecular weight is 384 g/mol. The molecule has 7 nitrogen and oxygen atoms in total. The number of anilines is 2. The summed E-state index contributed by atoms with van der Waals surface area (Å²) in [5, 5.41) is 2.70. The number of aromatic nitrogens is 2. The van der Waals surface area contributed by atoms with Crippen LogP contribution in [0.4, 0.5) is 25.1 Å². The van der Waals surface area contributed by atoms with E-state index in [-0.39, 0.29) is 16.8 Å². The Morgan fingerprint density at radius 2 is 2.00 bits per heavy atom. The van der Waals surface area contributed by atoms with Crippen molar-refractivity contribution in [3.05, 3.63) is 41.8 Å². The van der Waals surface area contributed by atoms with E-state index in [1.165, 1.54) is 18.2 Å². The smallest absolute Gasteiger partial charge is 0.387 e. The Kier molecular flexibility index (Phi) is 5.67. The second kappa shape index (κ2) is 8.13. The largest absolute Gasteiger partial charge is 0.433 e. The van der Waals surface area contributed by atoms with E-state index >= 15 is 0 Å². The van der Waals surface area contributed by atoms with Gasteiger partial charge in [-0.2, -0.15) is 8.78 Å². The second-order valence-corrected chi connectivity index (χ2v) is 5.90. The van der Waals surface area contributed by atoms with Crippen LogP contribution in [0.3, 0.4) is 0 Å². The molecule has 1 fully saturated rings. The molecule has 1 aliphatic heterocycles. The molecule has 0 unspecified atom stereocenters. The van der Waals surface area contributed by atoms with Crippen molar-refractivity contribution in [2.45, 2.75) is 6.61 Å². The van der Waals surface area contributed by atoms with E-state index in [1.807, 2.05) is 4.90 Å². The van der Waals surface area contributed by atoms with Crippen LogP contribution in [0.15, 0.2) is 36.8 Å². The van der Waals surface area contributed by atoms with Crippen molar-refractivity contribution in [2.75, 3.05) is 36.4 Å². The first kappa shape index (κ1) is 18.1. The first-order valence-electron chi connectivity index (χ1n) is 7.84. The first-order valence-corrected chi connectivity index (χ1v) is 8.22. The van der Waals surface area contributed by atoms with E-state index in [2.05, 4.69) is 20.0 Å². The van der Waals surface area contributed by atoms with Gasteiger partial charge in [-0.05, 0) is 18.2 Å². The van der Waals surface area contributed by atoms with E-state index < -0.39 is 6.61 Å². The summed E-state index contributed by atoms with van der Waals surface area (Å²) in [4.78, 5) is 24.3. The van der Waals surface area contributed by atoms with Crippen molar-refractivity contribution in [1.82, 2.24) is 14.9 Å². The number of ether oxygens (including phenoxy) is 1. The zero-order valence-electron chi connectivity index (χ0n) is 13.6. The summed E-state index contributed by atoms with van der Waals surface area (Å²) >= 11 is 5.89. The Morgan fingerprint density at radius 3 is 2.62 bits per heavy atom. The zero-order chi connectivity index (χ0) is 18.5. The van der Waals surface area contributed by atoms with Gasteiger partial charge in [-0.3, -0.25) is 4.98 Å². The molecule has 0 atom stereocenters. The number of hydrogen-bond donors (Lipinski definition) is 1. The third-order valence-corrected chi connectivity index (χ3v) is 4.13. The summed E-state index contributed by atoms with van der Waals surface area (Å²) < 4.78 is 28.7. The van der Waals surface area contributed by atoms with Crippen molar-refractivity contribution >= 4 is 29.1 Å². The Labute approximate surface area is 153 Å². The highest BCUT2D eigenvalue weighted by Gasteiger charge is 2.22. The molecular formula is C16H16ClF2N5O2. The molecule has 0 bridgehead atoms. The average Bonchev–Trinajstić information content (AvgIpc) is 2.64. The standard InChI is InChI=1S/C16H16ClF2N5O2/c17-12-9-11(1-2-13(12)26-15(18)19)22-16(25)24-7-5-23(6-8-24)14-10-20-3-4-21-14/h1-4,9-10,15H,5-8H2,(H,22,25). The van der Waals surface area contributed by atoms with E-state index in [9.17, 15) is 13.6 Å². The van der Waals surface area contributed by atoms with Crippen molar-refractivity contribution in [3.8, 4) is 5.75 Å². The molecule has 26 heavy (non-hydrogen) atoms. The fourth-order valence-corrected chi connectivity index (χ4v) is 2.79. The number of amides is 2. The summed E-state index contributed by atoms with van der Waals surface area (Å²) in [6, 6.07) is 3.82. The maximum atomic E-state index is 12.4. The van der Waals surface area contributed by atoms with E-state index in [0.29, 0.717) is 31.9 Å². The van der Waals surface area contributed by atoms with E-state index in [0.717, 1.165) is 5.82 Å². The van der Waals surface area contributed by atoms with Gasteiger partial charge in [0.25, 0.3) is 0 Å². The molecule has 2 heterocycles. The highest BCUT2D eigenvalue weighted by Crippen LogP contribution is 2.29. The molecule has 138 valence electrons. The molecule has 1 aliphatic rings. The van der Waals surface area contributed by atoms with Crippen molar-refractivity contribution in [2.24, 2.45) is 0 Å². The molecule has 2 amide bonds. The number of hydrogen-bond acceptors (Lipinski definition) is 5. The second-order valence-electron chi connectivity index (χ2n) is 5.49. The minimum atomic E-state index is -2.96. The lowest BCUT2D eigenvalue weighted by atomic mass is 10.3. The van der Waals surface area contributed by atoms with Crippen LogP contribution in [0.1, 0.15) is 0 Å². The van der Waals surface area contributed by atoms with Gasteiger partial charge in [-0.25, -0.2) is 9.78 Å². The number of halogens is 3. The molecule has 1 N–H and O–H groups in total. The van der Waals surface area contributed by atoms with Gasteiger partial charge >= 0.3 is 12.6 Å². The van der Waals surface area contributed by atoms with Gasteiger partial charge in [-0.15, -0.1) is 0 Å². The summed E-state index contributed by atoms with van der Waals surface area (Å²) in [5.74, 6) is 0.631. The summed E-state index contributed by atoms with van der Waals surface area (Å²) in [6.07, 6.45) is 4.91. The topological polar surface area (TPSA) is 70.6 Å². The van der Waals surface area contributed by atoms with Crippen LogP contribution in [-0.4, -0.2) is 53.7 Å². The normalized spacial score (nSPS) is 14.5. The number of carbonyl (C=O) groups is 1. The van der Waals surface area contributed by atoms with Crippen LogP contribution in [0.2, 0.25) is 5.02 Å². The molecule has 1 aromatic heterocycles. The molecule has 0 saturated carbocycles. The van der Waals surface area contributed by atoms with Crippen molar-refractivity contribution in [3.63, 3.8) is 0 Å². The number of rotatable bonds is 4. The number of urea groups is 1. The molecule has 0 aliphatic carbocycles. The molecule has 0 spiro atoms. The lowest BCUT2D eigenvalue weighted by Crippen LogP contribution is -2.50. The van der Waals surface area contributed by atoms with Crippen LogP contribution < -0.4 is 15.0 Å². The molecule has 3 rings (SSSR count). The molecule has 2 aromatic rings. The number of nitrogens with zero attached hydrogens (tertiary/aromatic N) is 4. The third-order valence-electron chi connectivity index (χ3n) is 3.84. The van der Waals surface area contributed by atoms with Crippen LogP contribution >= 0.6 is 11.6 Å². The van der Waals surface area contributed by atoms with Gasteiger partial charge in [0, 0.05) is 44.3 Å². The minimum absolute atomic E-state index is 0.00410. The molecule has 10 heteroatoms. The van der Waals surface area contributed by atoms with Gasteiger partial charge in [-0.1, -0.05) is 11.6 Å². The highest BCUT2D eigenvalue weighted by molar-refractivity contribution is 6.32. The lowest BCUT2D eigenvalue weighted by Gasteiger charge is -2.35. The van der Waals surface area contributed by atoms with Crippen LogP contribution in [0, 0.1) is 0 Å². The molecular weight excluding hydrogens is 368 g/mol. The molecule has 1 aromatic carbocycles. The maximum Gasteiger partial charge on any atom is 0.387 e. The third kappa shape index (κ3) is 4.48. The summed E-state index contributed by atoms with van der Waals surface area (Å²) in [5.41, 5.74) is 0.401. The zero-order valence-corrected chi connectivity index (χ0v) is 14.4. The number of benzene rings is 1. The first-order chi connectivity index (χ1) is 12.5. The van der Waals surface area contributed by atoms with Gasteiger partial charge in [0.1, 0.15) is 11.6 Å². The van der Waals surface area contributed by atoms with Gasteiger partial charge < -0.3 is 19.9 Å². The Morgan fingerprint density at radius 1 is 1.23 bits per heavy atom. The Bertz CT molecular complexity index is 758. The summed E-state index contributed by atoms with van der Waals surface area (Å²) in [6.45, 7) is -0.661. The van der Waals surface area contributed by atoms with E-state index in [1.54, 1.807) is 23.5 Å².